The van der Waals surface area contributed by atoms with Crippen molar-refractivity contribution >= 4 is 15.5 Å². The predicted molar refractivity (Wildman–Crippen MR) is 134 cm³/mol. The van der Waals surface area contributed by atoms with Gasteiger partial charge in [0.15, 0.2) is 9.84 Å². The number of hydrogen-bond donors (Lipinski definition) is 0. The minimum Gasteiger partial charge on any atom is -0.372 e. The molecule has 0 amide bonds. The summed E-state index contributed by atoms with van der Waals surface area (Å²) < 4.78 is 30.3. The summed E-state index contributed by atoms with van der Waals surface area (Å²) in [5, 5.41) is -0.344. The molecule has 176 valence electrons. The number of anilines is 1. The Kier molecular flexibility index (Phi) is 7.72. The Morgan fingerprint density at radius 1 is 0.969 bits per heavy atom. The van der Waals surface area contributed by atoms with Crippen molar-refractivity contribution in [1.82, 2.24) is 0 Å². The molecule has 3 atom stereocenters. The van der Waals surface area contributed by atoms with Crippen LogP contribution in [-0.4, -0.2) is 38.5 Å². The van der Waals surface area contributed by atoms with Crippen LogP contribution in [0.2, 0.25) is 0 Å². The monoisotopic (exact) mass is 457 g/mol. The van der Waals surface area contributed by atoms with Crippen LogP contribution in [0.1, 0.15) is 62.4 Å². The molecule has 32 heavy (non-hydrogen) atoms. The normalized spacial score (nSPS) is 21.9. The average molecular weight is 458 g/mol. The third-order valence-corrected chi connectivity index (χ3v) is 9.00. The Hall–Kier alpha value is -1.85. The fourth-order valence-electron chi connectivity index (χ4n) is 4.46. The molecule has 1 aliphatic rings. The molecule has 5 heteroatoms. The minimum absolute atomic E-state index is 0.113. The van der Waals surface area contributed by atoms with Gasteiger partial charge in [-0.3, -0.25) is 0 Å². The van der Waals surface area contributed by atoms with Crippen molar-refractivity contribution in [1.29, 1.82) is 0 Å². The van der Waals surface area contributed by atoms with Crippen molar-refractivity contribution in [2.24, 2.45) is 0 Å². The number of morpholine rings is 1. The molecule has 1 fully saturated rings. The van der Waals surface area contributed by atoms with Gasteiger partial charge in [-0.2, -0.15) is 0 Å². The van der Waals surface area contributed by atoms with Gasteiger partial charge in [0.1, 0.15) is 0 Å². The number of sulfone groups is 1. The lowest BCUT2D eigenvalue weighted by molar-refractivity contribution is -0.0258. The lowest BCUT2D eigenvalue weighted by atomic mass is 9.96. The molecule has 0 radical (unpaired) electrons. The van der Waals surface area contributed by atoms with E-state index < -0.39 is 9.84 Å². The van der Waals surface area contributed by atoms with Crippen molar-refractivity contribution in [2.75, 3.05) is 11.4 Å². The average Bonchev–Trinajstić information content (AvgIpc) is 2.72. The third-order valence-electron chi connectivity index (χ3n) is 6.83. The van der Waals surface area contributed by atoms with E-state index in [1.54, 1.807) is 13.8 Å². The van der Waals surface area contributed by atoms with E-state index in [1.807, 2.05) is 12.1 Å². The van der Waals surface area contributed by atoms with Gasteiger partial charge in [0.2, 0.25) is 0 Å². The molecule has 1 aliphatic heterocycles. The van der Waals surface area contributed by atoms with Crippen LogP contribution in [0, 0.1) is 13.8 Å². The van der Waals surface area contributed by atoms with Crippen LogP contribution in [0.5, 0.6) is 0 Å². The summed E-state index contributed by atoms with van der Waals surface area (Å²) in [7, 11) is -3.07. The summed E-state index contributed by atoms with van der Waals surface area (Å²) in [6.45, 7) is 15.4. The first-order chi connectivity index (χ1) is 15.0. The Bertz CT molecular complexity index is 1030. The van der Waals surface area contributed by atoms with Crippen LogP contribution in [0.25, 0.3) is 0 Å². The van der Waals surface area contributed by atoms with Crippen LogP contribution >= 0.6 is 0 Å². The Morgan fingerprint density at radius 2 is 1.59 bits per heavy atom. The maximum atomic E-state index is 12.2. The zero-order chi connectivity index (χ0) is 23.6. The van der Waals surface area contributed by atoms with E-state index >= 15 is 0 Å². The second-order valence-electron chi connectivity index (χ2n) is 9.78. The lowest BCUT2D eigenvalue weighted by Crippen LogP contribution is -2.52. The van der Waals surface area contributed by atoms with Crippen molar-refractivity contribution in [3.63, 3.8) is 0 Å². The molecular formula is C27H39NO3S. The SMILES string of the molecule is Cc1cc(N2C[C@H](C)O[C@H](C)C2C)c(C)cc1CCc1ccc(CS(=O)(=O)C(C)C)cc1. The number of rotatable bonds is 7. The molecular weight excluding hydrogens is 418 g/mol. The molecule has 0 aliphatic carbocycles. The van der Waals surface area contributed by atoms with Gasteiger partial charge >= 0.3 is 0 Å². The van der Waals surface area contributed by atoms with E-state index in [0.29, 0.717) is 6.04 Å². The smallest absolute Gasteiger partial charge is 0.156 e. The number of hydrogen-bond acceptors (Lipinski definition) is 4. The molecule has 0 bridgehead atoms. The van der Waals surface area contributed by atoms with Crippen molar-refractivity contribution in [3.05, 3.63) is 64.2 Å². The summed E-state index contributed by atoms with van der Waals surface area (Å²) in [5.74, 6) is 0.113. The Morgan fingerprint density at radius 3 is 2.22 bits per heavy atom. The Balaban J connectivity index is 1.69. The molecule has 0 saturated carbocycles. The molecule has 4 nitrogen and oxygen atoms in total. The standard InChI is InChI=1S/C27H39NO3S/c1-18(2)32(29,30)17-25-10-8-24(9-11-25)12-13-26-14-20(4)27(15-19(26)3)28-16-21(5)31-23(7)22(28)6/h8-11,14-15,18,21-23H,12-13,16-17H2,1-7H3/t21-,22?,23+/m0/s1. The number of nitrogens with zero attached hydrogens (tertiary/aromatic N) is 1. The number of benzene rings is 2. The summed E-state index contributed by atoms with van der Waals surface area (Å²) in [5.41, 5.74) is 7.43. The van der Waals surface area contributed by atoms with Crippen molar-refractivity contribution < 1.29 is 13.2 Å². The van der Waals surface area contributed by atoms with Crippen LogP contribution in [0.3, 0.4) is 0 Å². The van der Waals surface area contributed by atoms with Gasteiger partial charge in [0.25, 0.3) is 0 Å². The molecule has 1 heterocycles. The minimum atomic E-state index is -3.07. The van der Waals surface area contributed by atoms with E-state index in [2.05, 4.69) is 63.8 Å². The second-order valence-corrected chi connectivity index (χ2v) is 12.3. The van der Waals surface area contributed by atoms with E-state index in [0.717, 1.165) is 24.9 Å². The summed E-state index contributed by atoms with van der Waals surface area (Å²) in [4.78, 5) is 2.49. The van der Waals surface area contributed by atoms with Crippen LogP contribution < -0.4 is 4.90 Å². The van der Waals surface area contributed by atoms with Gasteiger partial charge in [-0.1, -0.05) is 30.3 Å². The zero-order valence-corrected chi connectivity index (χ0v) is 21.5. The summed E-state index contributed by atoms with van der Waals surface area (Å²) in [6.07, 6.45) is 2.37. The molecule has 1 saturated heterocycles. The van der Waals surface area contributed by atoms with Gasteiger partial charge < -0.3 is 9.64 Å². The maximum absolute atomic E-state index is 12.2. The van der Waals surface area contributed by atoms with E-state index in [4.69, 9.17) is 4.74 Å². The topological polar surface area (TPSA) is 46.6 Å². The summed E-state index contributed by atoms with van der Waals surface area (Å²) in [6, 6.07) is 13.1. The predicted octanol–water partition coefficient (Wildman–Crippen LogP) is 5.41. The molecule has 2 aromatic rings. The highest BCUT2D eigenvalue weighted by molar-refractivity contribution is 7.91. The molecule has 0 spiro atoms. The highest BCUT2D eigenvalue weighted by Gasteiger charge is 2.30. The Labute approximate surface area is 194 Å². The molecule has 0 N–H and O–H groups in total. The largest absolute Gasteiger partial charge is 0.372 e. The lowest BCUT2D eigenvalue weighted by Gasteiger charge is -2.43. The van der Waals surface area contributed by atoms with E-state index in [9.17, 15) is 8.42 Å². The van der Waals surface area contributed by atoms with Gasteiger partial charge in [-0.05, 0) is 95.2 Å². The van der Waals surface area contributed by atoms with E-state index in [1.165, 1.54) is 27.9 Å². The van der Waals surface area contributed by atoms with Gasteiger partial charge in [-0.15, -0.1) is 0 Å². The van der Waals surface area contributed by atoms with Crippen LogP contribution in [0.15, 0.2) is 36.4 Å². The van der Waals surface area contributed by atoms with E-state index in [-0.39, 0.29) is 23.2 Å². The van der Waals surface area contributed by atoms with Gasteiger partial charge in [0.05, 0.1) is 29.3 Å². The number of ether oxygens (including phenoxy) is 1. The fraction of sp³-hybridized carbons (Fsp3) is 0.556. The quantitative estimate of drug-likeness (QED) is 0.557. The highest BCUT2D eigenvalue weighted by atomic mass is 32.2. The molecule has 2 aromatic carbocycles. The fourth-order valence-corrected chi connectivity index (χ4v) is 5.45. The number of aryl methyl sites for hydroxylation is 4. The second kappa shape index (κ2) is 9.96. The third kappa shape index (κ3) is 5.74. The molecule has 0 aromatic heterocycles. The van der Waals surface area contributed by atoms with Gasteiger partial charge in [0, 0.05) is 12.2 Å². The molecule has 3 rings (SSSR count). The van der Waals surface area contributed by atoms with Gasteiger partial charge in [-0.25, -0.2) is 8.42 Å². The highest BCUT2D eigenvalue weighted by Crippen LogP contribution is 2.31. The first-order valence-electron chi connectivity index (χ1n) is 11.8. The van der Waals surface area contributed by atoms with Crippen LogP contribution in [-0.2, 0) is 33.2 Å². The molecule has 1 unspecified atom stereocenters. The van der Waals surface area contributed by atoms with Crippen molar-refractivity contribution in [2.45, 2.75) is 90.6 Å². The van der Waals surface area contributed by atoms with Crippen molar-refractivity contribution in [3.8, 4) is 0 Å². The maximum Gasteiger partial charge on any atom is 0.156 e. The first kappa shape index (κ1) is 24.8. The van der Waals surface area contributed by atoms with Crippen LogP contribution in [0.4, 0.5) is 5.69 Å². The zero-order valence-electron chi connectivity index (χ0n) is 20.7. The summed E-state index contributed by atoms with van der Waals surface area (Å²) >= 11 is 0. The first-order valence-corrected chi connectivity index (χ1v) is 13.5.